The first-order chi connectivity index (χ1) is 11.8. The highest BCUT2D eigenvalue weighted by Crippen LogP contribution is 2.20. The maximum Gasteiger partial charge on any atom is 0.191 e. The van der Waals surface area contributed by atoms with Crippen LogP contribution in [0.2, 0.25) is 0 Å². The summed E-state index contributed by atoms with van der Waals surface area (Å²) in [6.45, 7) is 2.23. The minimum atomic E-state index is 0.384. The minimum Gasteiger partial charge on any atom is -0.383 e. The number of nitrogens with one attached hydrogen (secondary N) is 2. The number of hydrogen-bond donors (Lipinski definition) is 2. The van der Waals surface area contributed by atoms with Gasteiger partial charge in [0.25, 0.3) is 0 Å². The summed E-state index contributed by atoms with van der Waals surface area (Å²) < 4.78 is 5.07. The molecule has 0 saturated carbocycles. The SMILES string of the molecule is CN=C(NCCOC)NCC(Cc1ccccc1)c1ccccc1. The van der Waals surface area contributed by atoms with Gasteiger partial charge >= 0.3 is 0 Å². The van der Waals surface area contributed by atoms with E-state index in [9.17, 15) is 0 Å². The van der Waals surface area contributed by atoms with Crippen molar-refractivity contribution in [3.05, 3.63) is 71.8 Å². The summed E-state index contributed by atoms with van der Waals surface area (Å²) in [6, 6.07) is 21.2. The van der Waals surface area contributed by atoms with Gasteiger partial charge in [-0.3, -0.25) is 4.99 Å². The van der Waals surface area contributed by atoms with Crippen LogP contribution in [0, 0.1) is 0 Å². The number of hydrogen-bond acceptors (Lipinski definition) is 2. The molecule has 128 valence electrons. The smallest absolute Gasteiger partial charge is 0.191 e. The van der Waals surface area contributed by atoms with E-state index >= 15 is 0 Å². The molecule has 0 amide bonds. The Morgan fingerprint density at radius 3 is 2.29 bits per heavy atom. The Balaban J connectivity index is 2.00. The molecule has 2 rings (SSSR count). The predicted molar refractivity (Wildman–Crippen MR) is 101 cm³/mol. The molecule has 0 aliphatic rings. The second kappa shape index (κ2) is 10.4. The predicted octanol–water partition coefficient (Wildman–Crippen LogP) is 2.82. The molecule has 2 N–H and O–H groups in total. The minimum absolute atomic E-state index is 0.384. The molecule has 2 aromatic rings. The Hall–Kier alpha value is -2.33. The molecule has 4 nitrogen and oxygen atoms in total. The van der Waals surface area contributed by atoms with Crippen LogP contribution in [0.5, 0.6) is 0 Å². The Kier molecular flexibility index (Phi) is 7.84. The number of guanidine groups is 1. The van der Waals surface area contributed by atoms with Gasteiger partial charge in [-0.2, -0.15) is 0 Å². The zero-order chi connectivity index (χ0) is 17.0. The van der Waals surface area contributed by atoms with Crippen LogP contribution in [-0.4, -0.2) is 39.8 Å². The molecule has 4 heteroatoms. The molecule has 2 aromatic carbocycles. The van der Waals surface area contributed by atoms with Gasteiger partial charge in [-0.25, -0.2) is 0 Å². The van der Waals surface area contributed by atoms with Crippen LogP contribution in [0.3, 0.4) is 0 Å². The first kappa shape index (κ1) is 18.0. The Morgan fingerprint density at radius 1 is 1.00 bits per heavy atom. The van der Waals surface area contributed by atoms with E-state index < -0.39 is 0 Å². The quantitative estimate of drug-likeness (QED) is 0.446. The van der Waals surface area contributed by atoms with Gasteiger partial charge in [0.05, 0.1) is 6.61 Å². The van der Waals surface area contributed by atoms with Crippen LogP contribution in [0.15, 0.2) is 65.7 Å². The van der Waals surface area contributed by atoms with E-state index in [-0.39, 0.29) is 0 Å². The van der Waals surface area contributed by atoms with E-state index in [0.717, 1.165) is 25.5 Å². The van der Waals surface area contributed by atoms with Gasteiger partial charge < -0.3 is 15.4 Å². The van der Waals surface area contributed by atoms with Crippen LogP contribution < -0.4 is 10.6 Å². The third kappa shape index (κ3) is 6.05. The first-order valence-electron chi connectivity index (χ1n) is 8.35. The molecule has 0 aliphatic carbocycles. The average molecular weight is 325 g/mol. The molecule has 0 heterocycles. The van der Waals surface area contributed by atoms with Crippen molar-refractivity contribution >= 4 is 5.96 Å². The first-order valence-corrected chi connectivity index (χ1v) is 8.35. The van der Waals surface area contributed by atoms with Crippen molar-refractivity contribution < 1.29 is 4.74 Å². The van der Waals surface area contributed by atoms with Crippen molar-refractivity contribution in [3.8, 4) is 0 Å². The second-order valence-electron chi connectivity index (χ2n) is 5.67. The van der Waals surface area contributed by atoms with Gasteiger partial charge in [0.15, 0.2) is 5.96 Å². The fraction of sp³-hybridized carbons (Fsp3) is 0.350. The number of nitrogens with zero attached hydrogens (tertiary/aromatic N) is 1. The van der Waals surface area contributed by atoms with Crippen molar-refractivity contribution in [1.29, 1.82) is 0 Å². The van der Waals surface area contributed by atoms with E-state index in [4.69, 9.17) is 4.74 Å². The molecule has 0 radical (unpaired) electrons. The number of ether oxygens (including phenoxy) is 1. The maximum atomic E-state index is 5.07. The average Bonchev–Trinajstić information content (AvgIpc) is 2.65. The fourth-order valence-electron chi connectivity index (χ4n) is 2.64. The monoisotopic (exact) mass is 325 g/mol. The molecule has 0 aliphatic heterocycles. The topological polar surface area (TPSA) is 45.7 Å². The van der Waals surface area contributed by atoms with Crippen LogP contribution in [-0.2, 0) is 11.2 Å². The molecule has 1 unspecified atom stereocenters. The normalized spacial score (nSPS) is 12.7. The number of rotatable bonds is 8. The molecular weight excluding hydrogens is 298 g/mol. The summed E-state index contributed by atoms with van der Waals surface area (Å²) >= 11 is 0. The molecule has 24 heavy (non-hydrogen) atoms. The lowest BCUT2D eigenvalue weighted by Gasteiger charge is -2.20. The molecule has 0 spiro atoms. The zero-order valence-corrected chi connectivity index (χ0v) is 14.5. The number of aliphatic imine (C=N–C) groups is 1. The zero-order valence-electron chi connectivity index (χ0n) is 14.5. The van der Waals surface area contributed by atoms with Gasteiger partial charge in [-0.05, 0) is 17.5 Å². The van der Waals surface area contributed by atoms with Gasteiger partial charge in [0, 0.05) is 33.2 Å². The summed E-state index contributed by atoms with van der Waals surface area (Å²) in [7, 11) is 3.49. The summed E-state index contributed by atoms with van der Waals surface area (Å²) in [5.74, 6) is 1.19. The molecule has 0 fully saturated rings. The second-order valence-corrected chi connectivity index (χ2v) is 5.67. The third-order valence-electron chi connectivity index (χ3n) is 3.93. The third-order valence-corrected chi connectivity index (χ3v) is 3.93. The van der Waals surface area contributed by atoms with Gasteiger partial charge in [0.1, 0.15) is 0 Å². The van der Waals surface area contributed by atoms with E-state index in [1.54, 1.807) is 14.2 Å². The van der Waals surface area contributed by atoms with E-state index in [0.29, 0.717) is 12.5 Å². The van der Waals surface area contributed by atoms with E-state index in [1.807, 2.05) is 0 Å². The summed E-state index contributed by atoms with van der Waals surface area (Å²) in [5.41, 5.74) is 2.68. The van der Waals surface area contributed by atoms with Crippen LogP contribution >= 0.6 is 0 Å². The summed E-state index contributed by atoms with van der Waals surface area (Å²) in [4.78, 5) is 4.27. The number of methoxy groups -OCH3 is 1. The van der Waals surface area contributed by atoms with Crippen molar-refractivity contribution in [3.63, 3.8) is 0 Å². The van der Waals surface area contributed by atoms with Gasteiger partial charge in [-0.1, -0.05) is 60.7 Å². The fourth-order valence-corrected chi connectivity index (χ4v) is 2.64. The summed E-state index contributed by atoms with van der Waals surface area (Å²) in [5, 5.41) is 6.69. The molecule has 0 bridgehead atoms. The van der Waals surface area contributed by atoms with Crippen LogP contribution in [0.4, 0.5) is 0 Å². The standard InChI is InChI=1S/C20H27N3O/c1-21-20(22-13-14-24-2)23-16-19(18-11-7-4-8-12-18)15-17-9-5-3-6-10-17/h3-12,19H,13-16H2,1-2H3,(H2,21,22,23). The maximum absolute atomic E-state index is 5.07. The summed E-state index contributed by atoms with van der Waals surface area (Å²) in [6.07, 6.45) is 0.993. The van der Waals surface area contributed by atoms with Gasteiger partial charge in [-0.15, -0.1) is 0 Å². The van der Waals surface area contributed by atoms with Crippen molar-refractivity contribution in [1.82, 2.24) is 10.6 Å². The molecule has 0 saturated heterocycles. The van der Waals surface area contributed by atoms with Crippen molar-refractivity contribution in [2.45, 2.75) is 12.3 Å². The van der Waals surface area contributed by atoms with Crippen molar-refractivity contribution in [2.75, 3.05) is 33.9 Å². The lowest BCUT2D eigenvalue weighted by atomic mass is 9.92. The Bertz CT molecular complexity index is 599. The van der Waals surface area contributed by atoms with Crippen LogP contribution in [0.25, 0.3) is 0 Å². The Morgan fingerprint density at radius 2 is 1.67 bits per heavy atom. The largest absolute Gasteiger partial charge is 0.383 e. The highest BCUT2D eigenvalue weighted by Gasteiger charge is 2.13. The molecule has 0 aromatic heterocycles. The lowest BCUT2D eigenvalue weighted by molar-refractivity contribution is 0.203. The highest BCUT2D eigenvalue weighted by atomic mass is 16.5. The van der Waals surface area contributed by atoms with Crippen molar-refractivity contribution in [2.24, 2.45) is 4.99 Å². The number of benzene rings is 2. The molecular formula is C20H27N3O. The van der Waals surface area contributed by atoms with Crippen LogP contribution in [0.1, 0.15) is 17.0 Å². The van der Waals surface area contributed by atoms with E-state index in [1.165, 1.54) is 11.1 Å². The van der Waals surface area contributed by atoms with Gasteiger partial charge in [0.2, 0.25) is 0 Å². The van der Waals surface area contributed by atoms with E-state index in [2.05, 4.69) is 76.3 Å². The Labute approximate surface area is 145 Å². The molecule has 1 atom stereocenters. The lowest BCUT2D eigenvalue weighted by Crippen LogP contribution is -2.41. The highest BCUT2D eigenvalue weighted by molar-refractivity contribution is 5.79.